The lowest BCUT2D eigenvalue weighted by Gasteiger charge is -2.34. The molecule has 0 spiro atoms. The Labute approximate surface area is 193 Å². The largest absolute Gasteiger partial charge is 0.353 e. The number of aromatic nitrogens is 4. The Bertz CT molecular complexity index is 1420. The van der Waals surface area contributed by atoms with E-state index in [2.05, 4.69) is 47.0 Å². The lowest BCUT2D eigenvalue weighted by Crippen LogP contribution is -2.49. The summed E-state index contributed by atoms with van der Waals surface area (Å²) in [5, 5.41) is 5.49. The number of sulfonamides is 1. The number of rotatable bonds is 4. The topological polar surface area (TPSA) is 84.2 Å². The van der Waals surface area contributed by atoms with Crippen LogP contribution in [0.5, 0.6) is 0 Å². The lowest BCUT2D eigenvalue weighted by atomic mass is 10.1. The molecule has 0 aliphatic carbocycles. The summed E-state index contributed by atoms with van der Waals surface area (Å²) in [5.41, 5.74) is 4.06. The van der Waals surface area contributed by atoms with Gasteiger partial charge in [0.25, 0.3) is 0 Å². The molecule has 5 rings (SSSR count). The van der Waals surface area contributed by atoms with Crippen LogP contribution in [0.3, 0.4) is 0 Å². The molecule has 0 N–H and O–H groups in total. The minimum Gasteiger partial charge on any atom is -0.353 e. The fourth-order valence-corrected chi connectivity index (χ4v) is 5.78. The van der Waals surface area contributed by atoms with E-state index in [0.29, 0.717) is 36.9 Å². The third-order valence-electron chi connectivity index (χ3n) is 6.02. The summed E-state index contributed by atoms with van der Waals surface area (Å²) in [6.07, 6.45) is 1.80. The number of hydrogen-bond acceptors (Lipinski definition) is 6. The van der Waals surface area contributed by atoms with E-state index in [1.807, 2.05) is 17.7 Å². The minimum atomic E-state index is -3.50. The van der Waals surface area contributed by atoms with E-state index in [-0.39, 0.29) is 0 Å². The van der Waals surface area contributed by atoms with Crippen molar-refractivity contribution in [2.75, 3.05) is 31.1 Å². The Balaban J connectivity index is 1.45. The first kappa shape index (κ1) is 21.5. The summed E-state index contributed by atoms with van der Waals surface area (Å²) in [6, 6.07) is 14.8. The van der Waals surface area contributed by atoms with Crippen molar-refractivity contribution in [2.24, 2.45) is 0 Å². The van der Waals surface area contributed by atoms with Crippen LogP contribution >= 0.6 is 0 Å². The van der Waals surface area contributed by atoms with Gasteiger partial charge in [-0.25, -0.2) is 23.1 Å². The van der Waals surface area contributed by atoms with E-state index in [4.69, 9.17) is 4.98 Å². The van der Waals surface area contributed by atoms with Gasteiger partial charge in [0.05, 0.1) is 22.2 Å². The standard InChI is InChI=1S/C24H26N6O2S/c1-17-9-10-22(18(2)15-17)30-24-21(16-25-30)23(26-19(3)27-24)28-11-13-29(14-12-28)33(31,32)20-7-5-4-6-8-20/h4-10,15-16H,11-14H2,1-3H3. The lowest BCUT2D eigenvalue weighted by molar-refractivity contribution is 0.384. The van der Waals surface area contributed by atoms with E-state index in [9.17, 15) is 8.42 Å². The van der Waals surface area contributed by atoms with Crippen LogP contribution in [0.25, 0.3) is 16.7 Å². The first-order chi connectivity index (χ1) is 15.8. The summed E-state index contributed by atoms with van der Waals surface area (Å²) in [4.78, 5) is 11.8. The molecular formula is C24H26N6O2S. The van der Waals surface area contributed by atoms with Crippen molar-refractivity contribution < 1.29 is 8.42 Å². The molecule has 0 amide bonds. The summed E-state index contributed by atoms with van der Waals surface area (Å²) in [6.45, 7) is 7.90. The molecular weight excluding hydrogens is 436 g/mol. The van der Waals surface area contributed by atoms with Crippen LogP contribution in [0, 0.1) is 20.8 Å². The van der Waals surface area contributed by atoms with Crippen LogP contribution in [0.1, 0.15) is 17.0 Å². The van der Waals surface area contributed by atoms with Gasteiger partial charge in [0.2, 0.25) is 10.0 Å². The van der Waals surface area contributed by atoms with Gasteiger partial charge in [0.1, 0.15) is 11.6 Å². The highest BCUT2D eigenvalue weighted by Gasteiger charge is 2.30. The Morgan fingerprint density at radius 1 is 0.879 bits per heavy atom. The molecule has 1 aliphatic heterocycles. The number of anilines is 1. The summed E-state index contributed by atoms with van der Waals surface area (Å²) >= 11 is 0. The second-order valence-corrected chi connectivity index (χ2v) is 10.3. The molecule has 0 radical (unpaired) electrons. The average molecular weight is 463 g/mol. The SMILES string of the molecule is Cc1ccc(-n2ncc3c(N4CCN(S(=O)(=O)c5ccccc5)CC4)nc(C)nc32)c(C)c1. The van der Waals surface area contributed by atoms with Crippen molar-refractivity contribution in [1.29, 1.82) is 0 Å². The van der Waals surface area contributed by atoms with Crippen molar-refractivity contribution in [1.82, 2.24) is 24.1 Å². The van der Waals surface area contributed by atoms with Gasteiger partial charge in [-0.1, -0.05) is 35.9 Å². The third-order valence-corrected chi connectivity index (χ3v) is 7.93. The number of fused-ring (bicyclic) bond motifs is 1. The van der Waals surface area contributed by atoms with Crippen LogP contribution in [0.2, 0.25) is 0 Å². The number of hydrogen-bond donors (Lipinski definition) is 0. The van der Waals surface area contributed by atoms with Crippen LogP contribution in [0.4, 0.5) is 5.82 Å². The molecule has 1 aliphatic rings. The van der Waals surface area contributed by atoms with Crippen LogP contribution in [-0.4, -0.2) is 58.7 Å². The number of nitrogens with zero attached hydrogens (tertiary/aromatic N) is 6. The van der Waals surface area contributed by atoms with Crippen LogP contribution in [-0.2, 0) is 10.0 Å². The van der Waals surface area contributed by atoms with Gasteiger partial charge in [-0.05, 0) is 44.5 Å². The molecule has 1 saturated heterocycles. The number of benzene rings is 2. The quantitative estimate of drug-likeness (QED) is 0.463. The summed E-state index contributed by atoms with van der Waals surface area (Å²) in [5.74, 6) is 1.45. The second-order valence-electron chi connectivity index (χ2n) is 8.38. The van der Waals surface area contributed by atoms with Crippen LogP contribution in [0.15, 0.2) is 59.6 Å². The van der Waals surface area contributed by atoms with Crippen molar-refractivity contribution in [3.8, 4) is 5.69 Å². The van der Waals surface area contributed by atoms with Crippen molar-refractivity contribution in [3.05, 3.63) is 71.7 Å². The smallest absolute Gasteiger partial charge is 0.243 e. The molecule has 9 heteroatoms. The molecule has 1 fully saturated rings. The zero-order chi connectivity index (χ0) is 23.2. The highest BCUT2D eigenvalue weighted by molar-refractivity contribution is 7.89. The Morgan fingerprint density at radius 2 is 1.61 bits per heavy atom. The number of aryl methyl sites for hydroxylation is 3. The molecule has 0 unspecified atom stereocenters. The van der Waals surface area contributed by atoms with Gasteiger partial charge in [-0.15, -0.1) is 0 Å². The first-order valence-electron chi connectivity index (χ1n) is 10.9. The molecule has 0 bridgehead atoms. The average Bonchev–Trinajstić information content (AvgIpc) is 3.22. The van der Waals surface area contributed by atoms with Gasteiger partial charge in [-0.3, -0.25) is 0 Å². The monoisotopic (exact) mass is 462 g/mol. The van der Waals surface area contributed by atoms with Crippen molar-refractivity contribution in [2.45, 2.75) is 25.7 Å². The van der Waals surface area contributed by atoms with Gasteiger partial charge in [0.15, 0.2) is 5.65 Å². The minimum absolute atomic E-state index is 0.327. The first-order valence-corrected chi connectivity index (χ1v) is 12.4. The van der Waals surface area contributed by atoms with Crippen molar-refractivity contribution >= 4 is 26.9 Å². The molecule has 4 aromatic rings. The van der Waals surface area contributed by atoms with Gasteiger partial charge in [-0.2, -0.15) is 9.40 Å². The highest BCUT2D eigenvalue weighted by Crippen LogP contribution is 2.28. The molecule has 170 valence electrons. The van der Waals surface area contributed by atoms with E-state index in [1.54, 1.807) is 34.8 Å². The van der Waals surface area contributed by atoms with Crippen molar-refractivity contribution in [3.63, 3.8) is 0 Å². The highest BCUT2D eigenvalue weighted by atomic mass is 32.2. The van der Waals surface area contributed by atoms with E-state index in [1.165, 1.54) is 5.56 Å². The molecule has 0 atom stereocenters. The number of piperazine rings is 1. The zero-order valence-corrected chi connectivity index (χ0v) is 19.7. The maximum atomic E-state index is 13.0. The molecule has 3 heterocycles. The van der Waals surface area contributed by atoms with Gasteiger partial charge < -0.3 is 4.90 Å². The molecule has 2 aromatic heterocycles. The summed E-state index contributed by atoms with van der Waals surface area (Å²) in [7, 11) is -3.50. The molecule has 8 nitrogen and oxygen atoms in total. The molecule has 2 aromatic carbocycles. The zero-order valence-electron chi connectivity index (χ0n) is 18.9. The predicted molar refractivity (Wildman–Crippen MR) is 128 cm³/mol. The Kier molecular flexibility index (Phi) is 5.38. The van der Waals surface area contributed by atoms with Crippen LogP contribution < -0.4 is 4.90 Å². The fraction of sp³-hybridized carbons (Fsp3) is 0.292. The maximum absolute atomic E-state index is 13.0. The van der Waals surface area contributed by atoms with Gasteiger partial charge >= 0.3 is 0 Å². The molecule has 33 heavy (non-hydrogen) atoms. The van der Waals surface area contributed by atoms with E-state index in [0.717, 1.165) is 28.1 Å². The Morgan fingerprint density at radius 3 is 2.30 bits per heavy atom. The maximum Gasteiger partial charge on any atom is 0.243 e. The van der Waals surface area contributed by atoms with E-state index < -0.39 is 10.0 Å². The summed E-state index contributed by atoms with van der Waals surface area (Å²) < 4.78 is 29.4. The van der Waals surface area contributed by atoms with Gasteiger partial charge in [0, 0.05) is 26.2 Å². The Hall–Kier alpha value is -3.30. The predicted octanol–water partition coefficient (Wildman–Crippen LogP) is 3.25. The van der Waals surface area contributed by atoms with E-state index >= 15 is 0 Å². The molecule has 0 saturated carbocycles. The normalized spacial score (nSPS) is 15.3. The third kappa shape index (κ3) is 3.87. The fourth-order valence-electron chi connectivity index (χ4n) is 4.34. The second kappa shape index (κ2) is 8.24.